The molecular formula is C16H11F3N2OS3. The van der Waals surface area contributed by atoms with E-state index in [2.05, 4.69) is 10.3 Å². The first-order valence-corrected chi connectivity index (χ1v) is 9.61. The highest BCUT2D eigenvalue weighted by molar-refractivity contribution is 8.00. The van der Waals surface area contributed by atoms with Crippen molar-refractivity contribution in [2.24, 2.45) is 0 Å². The standard InChI is InChI=1S/C16H11F3N2OS3/c17-16(18,19)25-12-5-2-1-4-11(12)21-14(22)8-10-9-24-15(20-10)13-6-3-7-23-13/h1-7,9H,8H2,(H,21,22). The number of nitrogens with zero attached hydrogens (tertiary/aromatic N) is 1. The summed E-state index contributed by atoms with van der Waals surface area (Å²) in [6.07, 6.45) is 0.00684. The number of benzene rings is 1. The first-order chi connectivity index (χ1) is 11.9. The van der Waals surface area contributed by atoms with Gasteiger partial charge in [-0.05, 0) is 35.3 Å². The minimum atomic E-state index is -4.41. The van der Waals surface area contributed by atoms with Gasteiger partial charge in [-0.25, -0.2) is 4.98 Å². The van der Waals surface area contributed by atoms with Gasteiger partial charge < -0.3 is 5.32 Å². The van der Waals surface area contributed by atoms with E-state index in [0.717, 1.165) is 9.88 Å². The van der Waals surface area contributed by atoms with Crippen LogP contribution in [0.1, 0.15) is 5.69 Å². The van der Waals surface area contributed by atoms with Gasteiger partial charge in [0.05, 0.1) is 22.7 Å². The van der Waals surface area contributed by atoms with Crippen LogP contribution in [-0.2, 0) is 11.2 Å². The molecule has 0 saturated heterocycles. The Morgan fingerprint density at radius 3 is 2.68 bits per heavy atom. The molecular weight excluding hydrogens is 389 g/mol. The van der Waals surface area contributed by atoms with E-state index < -0.39 is 11.4 Å². The number of thioether (sulfide) groups is 1. The van der Waals surface area contributed by atoms with Gasteiger partial charge in [0.25, 0.3) is 0 Å². The highest BCUT2D eigenvalue weighted by Gasteiger charge is 2.30. The number of amides is 1. The fraction of sp³-hybridized carbons (Fsp3) is 0.125. The minimum absolute atomic E-state index is 0.00684. The second-order valence-electron chi connectivity index (χ2n) is 4.89. The SMILES string of the molecule is O=C(Cc1csc(-c2cccs2)n1)Nc1ccccc1SC(F)(F)F. The Morgan fingerprint density at radius 1 is 1.16 bits per heavy atom. The number of nitrogens with one attached hydrogen (secondary N) is 1. The molecule has 0 atom stereocenters. The largest absolute Gasteiger partial charge is 0.446 e. The van der Waals surface area contributed by atoms with Gasteiger partial charge in [-0.2, -0.15) is 13.2 Å². The lowest BCUT2D eigenvalue weighted by molar-refractivity contribution is -0.115. The predicted octanol–water partition coefficient (Wildman–Crippen LogP) is 5.66. The molecule has 9 heteroatoms. The Morgan fingerprint density at radius 2 is 1.96 bits per heavy atom. The van der Waals surface area contributed by atoms with Crippen LogP contribution >= 0.6 is 34.4 Å². The van der Waals surface area contributed by atoms with Crippen LogP contribution in [0.4, 0.5) is 18.9 Å². The number of thiophene rings is 1. The Hall–Kier alpha value is -1.84. The van der Waals surface area contributed by atoms with Crippen molar-refractivity contribution in [1.82, 2.24) is 4.98 Å². The topological polar surface area (TPSA) is 42.0 Å². The first kappa shape index (κ1) is 18.0. The lowest BCUT2D eigenvalue weighted by Crippen LogP contribution is -2.15. The summed E-state index contributed by atoms with van der Waals surface area (Å²) in [4.78, 5) is 17.5. The zero-order valence-electron chi connectivity index (χ0n) is 12.5. The average molecular weight is 400 g/mol. The summed E-state index contributed by atoms with van der Waals surface area (Å²) in [5.74, 6) is -0.404. The predicted molar refractivity (Wildman–Crippen MR) is 96.1 cm³/mol. The van der Waals surface area contributed by atoms with Gasteiger partial charge in [-0.15, -0.1) is 22.7 Å². The van der Waals surface area contributed by atoms with Gasteiger partial charge in [0, 0.05) is 10.3 Å². The van der Waals surface area contributed by atoms with Crippen LogP contribution in [0.3, 0.4) is 0 Å². The van der Waals surface area contributed by atoms with E-state index >= 15 is 0 Å². The van der Waals surface area contributed by atoms with Gasteiger partial charge in [0.2, 0.25) is 5.91 Å². The molecule has 3 rings (SSSR count). The molecule has 0 aliphatic heterocycles. The third-order valence-corrected chi connectivity index (χ3v) is 5.75. The van der Waals surface area contributed by atoms with Gasteiger partial charge >= 0.3 is 5.51 Å². The van der Waals surface area contributed by atoms with Gasteiger partial charge in [-0.3, -0.25) is 4.79 Å². The molecule has 0 aliphatic carbocycles. The molecule has 130 valence electrons. The summed E-state index contributed by atoms with van der Waals surface area (Å²) in [5, 5.41) is 7.08. The van der Waals surface area contributed by atoms with Crippen LogP contribution < -0.4 is 5.32 Å². The number of aromatic nitrogens is 1. The lowest BCUT2D eigenvalue weighted by atomic mass is 10.3. The van der Waals surface area contributed by atoms with Crippen LogP contribution in [0.5, 0.6) is 0 Å². The molecule has 0 radical (unpaired) electrons. The molecule has 2 aromatic heterocycles. The molecule has 3 aromatic rings. The number of thiazole rings is 1. The third-order valence-electron chi connectivity index (χ3n) is 3.01. The molecule has 1 aromatic carbocycles. The molecule has 25 heavy (non-hydrogen) atoms. The van der Waals surface area contributed by atoms with Crippen LogP contribution in [0.2, 0.25) is 0 Å². The van der Waals surface area contributed by atoms with E-state index in [1.54, 1.807) is 22.8 Å². The maximum absolute atomic E-state index is 12.6. The Balaban J connectivity index is 1.67. The van der Waals surface area contributed by atoms with E-state index in [9.17, 15) is 18.0 Å². The number of carbonyl (C=O) groups excluding carboxylic acids is 1. The molecule has 0 fully saturated rings. The molecule has 2 heterocycles. The fourth-order valence-corrected chi connectivity index (χ4v) is 4.30. The molecule has 0 unspecified atom stereocenters. The number of hydrogen-bond acceptors (Lipinski definition) is 5. The Kier molecular flexibility index (Phi) is 5.45. The van der Waals surface area contributed by atoms with Crippen LogP contribution in [0, 0.1) is 0 Å². The van der Waals surface area contributed by atoms with Crippen LogP contribution in [0.15, 0.2) is 52.1 Å². The molecule has 0 aliphatic rings. The maximum atomic E-state index is 12.6. The van der Waals surface area contributed by atoms with Crippen molar-refractivity contribution in [3.8, 4) is 9.88 Å². The van der Waals surface area contributed by atoms with Crippen molar-refractivity contribution in [2.75, 3.05) is 5.32 Å². The monoisotopic (exact) mass is 400 g/mol. The van der Waals surface area contributed by atoms with E-state index in [1.807, 2.05) is 17.5 Å². The summed E-state index contributed by atoms with van der Waals surface area (Å²) in [7, 11) is 0. The van der Waals surface area contributed by atoms with E-state index in [-0.39, 0.29) is 28.8 Å². The summed E-state index contributed by atoms with van der Waals surface area (Å²) >= 11 is 2.74. The highest BCUT2D eigenvalue weighted by Crippen LogP contribution is 2.40. The zero-order chi connectivity index (χ0) is 17.9. The summed E-state index contributed by atoms with van der Waals surface area (Å²) in [5.41, 5.74) is -3.68. The van der Waals surface area contributed by atoms with Crippen LogP contribution in [0.25, 0.3) is 9.88 Å². The van der Waals surface area contributed by atoms with Crippen molar-refractivity contribution in [1.29, 1.82) is 0 Å². The summed E-state index contributed by atoms with van der Waals surface area (Å²) in [6.45, 7) is 0. The van der Waals surface area contributed by atoms with E-state index in [4.69, 9.17) is 0 Å². The quantitative estimate of drug-likeness (QED) is 0.562. The average Bonchev–Trinajstić information content (AvgIpc) is 3.18. The van der Waals surface area contributed by atoms with E-state index in [1.165, 1.54) is 29.5 Å². The second-order valence-corrected chi connectivity index (χ2v) is 7.80. The summed E-state index contributed by atoms with van der Waals surface area (Å²) < 4.78 is 37.8. The van der Waals surface area contributed by atoms with Crippen molar-refractivity contribution in [2.45, 2.75) is 16.8 Å². The smallest absolute Gasteiger partial charge is 0.325 e. The van der Waals surface area contributed by atoms with Crippen molar-refractivity contribution in [3.05, 3.63) is 52.9 Å². The molecule has 3 nitrogen and oxygen atoms in total. The molecule has 0 bridgehead atoms. The minimum Gasteiger partial charge on any atom is -0.325 e. The Bertz CT molecular complexity index is 860. The van der Waals surface area contributed by atoms with Gasteiger partial charge in [-0.1, -0.05) is 18.2 Å². The number of halogens is 3. The molecule has 0 saturated carbocycles. The van der Waals surface area contributed by atoms with Crippen molar-refractivity contribution >= 4 is 46.0 Å². The third kappa shape index (κ3) is 5.07. The lowest BCUT2D eigenvalue weighted by Gasteiger charge is -2.11. The Labute approximate surface area is 153 Å². The first-order valence-electron chi connectivity index (χ1n) is 7.03. The number of alkyl halides is 3. The maximum Gasteiger partial charge on any atom is 0.446 e. The van der Waals surface area contributed by atoms with Crippen LogP contribution in [-0.4, -0.2) is 16.4 Å². The molecule has 1 amide bonds. The van der Waals surface area contributed by atoms with Gasteiger partial charge in [0.15, 0.2) is 0 Å². The highest BCUT2D eigenvalue weighted by atomic mass is 32.2. The van der Waals surface area contributed by atoms with Gasteiger partial charge in [0.1, 0.15) is 5.01 Å². The number of hydrogen-bond donors (Lipinski definition) is 1. The fourth-order valence-electron chi connectivity index (χ4n) is 2.04. The summed E-state index contributed by atoms with van der Waals surface area (Å²) in [6, 6.07) is 9.71. The van der Waals surface area contributed by atoms with E-state index in [0.29, 0.717) is 5.69 Å². The zero-order valence-corrected chi connectivity index (χ0v) is 15.0. The number of rotatable bonds is 5. The molecule has 1 N–H and O–H groups in total. The number of anilines is 1. The normalized spacial score (nSPS) is 11.5. The number of carbonyl (C=O) groups is 1. The molecule has 0 spiro atoms. The number of para-hydroxylation sites is 1. The van der Waals surface area contributed by atoms with Crippen molar-refractivity contribution in [3.63, 3.8) is 0 Å². The second kappa shape index (κ2) is 7.59. The van der Waals surface area contributed by atoms with Crippen molar-refractivity contribution < 1.29 is 18.0 Å².